The summed E-state index contributed by atoms with van der Waals surface area (Å²) in [5.41, 5.74) is 0.968. The molecule has 6 heteroatoms. The number of rotatable bonds is 3. The second kappa shape index (κ2) is 6.72. The van der Waals surface area contributed by atoms with Crippen LogP contribution in [0.4, 0.5) is 10.7 Å². The van der Waals surface area contributed by atoms with Crippen LogP contribution in [0.3, 0.4) is 0 Å². The molecule has 4 nitrogen and oxygen atoms in total. The van der Waals surface area contributed by atoms with Crippen molar-refractivity contribution in [2.75, 3.05) is 10.6 Å². The maximum atomic E-state index is 12.4. The number of benzene rings is 1. The Hall–Kier alpha value is -1.85. The van der Waals surface area contributed by atoms with Gasteiger partial charge in [-0.25, -0.2) is 0 Å². The van der Waals surface area contributed by atoms with Crippen molar-refractivity contribution in [2.45, 2.75) is 27.7 Å². The van der Waals surface area contributed by atoms with Gasteiger partial charge in [0.05, 0.1) is 9.88 Å². The second-order valence-corrected chi connectivity index (χ2v) is 7.78. The molecule has 0 bridgehead atoms. The lowest BCUT2D eigenvalue weighted by Crippen LogP contribution is -2.27. The smallest absolute Gasteiger partial charge is 0.266 e. The van der Waals surface area contributed by atoms with E-state index in [4.69, 9.17) is 11.6 Å². The number of amides is 2. The van der Waals surface area contributed by atoms with Gasteiger partial charge in [0.15, 0.2) is 0 Å². The van der Waals surface area contributed by atoms with Crippen LogP contribution in [0.15, 0.2) is 30.3 Å². The molecule has 0 saturated carbocycles. The summed E-state index contributed by atoms with van der Waals surface area (Å²) >= 11 is 7.17. The van der Waals surface area contributed by atoms with Gasteiger partial charge in [0, 0.05) is 16.1 Å². The first-order valence-electron chi connectivity index (χ1n) is 7.15. The van der Waals surface area contributed by atoms with E-state index in [-0.39, 0.29) is 11.8 Å². The first kappa shape index (κ1) is 17.5. The molecule has 0 saturated heterocycles. The van der Waals surface area contributed by atoms with Gasteiger partial charge in [0.1, 0.15) is 0 Å². The normalized spacial score (nSPS) is 11.2. The van der Waals surface area contributed by atoms with Crippen LogP contribution in [0.2, 0.25) is 5.02 Å². The molecular weight excluding hydrogens is 332 g/mol. The number of carbonyl (C=O) groups is 2. The number of halogens is 1. The zero-order valence-electron chi connectivity index (χ0n) is 13.5. The van der Waals surface area contributed by atoms with Crippen molar-refractivity contribution in [2.24, 2.45) is 5.41 Å². The van der Waals surface area contributed by atoms with Gasteiger partial charge in [-0.1, -0.05) is 38.4 Å². The van der Waals surface area contributed by atoms with Crippen LogP contribution in [0, 0.1) is 12.3 Å². The molecule has 1 heterocycles. The molecular formula is C17H19ClN2O2S. The Morgan fingerprint density at radius 3 is 2.43 bits per heavy atom. The SMILES string of the molecule is Cc1cc(NC(=O)C(C)(C)C)sc1C(=O)Nc1cccc(Cl)c1. The molecule has 1 aromatic heterocycles. The molecule has 2 aromatic rings. The lowest BCUT2D eigenvalue weighted by molar-refractivity contribution is -0.123. The monoisotopic (exact) mass is 350 g/mol. The van der Waals surface area contributed by atoms with E-state index < -0.39 is 5.41 Å². The van der Waals surface area contributed by atoms with Crippen molar-refractivity contribution < 1.29 is 9.59 Å². The van der Waals surface area contributed by atoms with Crippen LogP contribution in [0.5, 0.6) is 0 Å². The quantitative estimate of drug-likeness (QED) is 0.823. The lowest BCUT2D eigenvalue weighted by atomic mass is 9.96. The standard InChI is InChI=1S/C17H19ClN2O2S/c1-10-8-13(20-16(22)17(2,3)4)23-14(10)15(21)19-12-7-5-6-11(18)9-12/h5-9H,1-4H3,(H,19,21)(H,20,22). The van der Waals surface area contributed by atoms with Crippen LogP contribution in [0.1, 0.15) is 36.0 Å². The highest BCUT2D eigenvalue weighted by molar-refractivity contribution is 7.18. The maximum absolute atomic E-state index is 12.4. The average Bonchev–Trinajstić information content (AvgIpc) is 2.78. The van der Waals surface area contributed by atoms with Gasteiger partial charge in [-0.2, -0.15) is 0 Å². The van der Waals surface area contributed by atoms with Crippen molar-refractivity contribution in [3.8, 4) is 0 Å². The molecule has 2 amide bonds. The first-order chi connectivity index (χ1) is 10.7. The van der Waals surface area contributed by atoms with Crippen LogP contribution >= 0.6 is 22.9 Å². The Labute approximate surface area is 144 Å². The van der Waals surface area contributed by atoms with E-state index in [1.807, 2.05) is 27.7 Å². The van der Waals surface area contributed by atoms with Crippen LogP contribution in [-0.2, 0) is 4.79 Å². The molecule has 0 fully saturated rings. The molecule has 0 aliphatic rings. The Balaban J connectivity index is 2.14. The summed E-state index contributed by atoms with van der Waals surface area (Å²) in [7, 11) is 0. The zero-order chi connectivity index (χ0) is 17.2. The van der Waals surface area contributed by atoms with E-state index in [0.29, 0.717) is 20.6 Å². The first-order valence-corrected chi connectivity index (χ1v) is 8.35. The highest BCUT2D eigenvalue weighted by Crippen LogP contribution is 2.29. The predicted octanol–water partition coefficient (Wildman–Crippen LogP) is 4.95. The maximum Gasteiger partial charge on any atom is 0.266 e. The van der Waals surface area contributed by atoms with Crippen molar-refractivity contribution in [1.29, 1.82) is 0 Å². The summed E-state index contributed by atoms with van der Waals surface area (Å²) in [4.78, 5) is 25.0. The zero-order valence-corrected chi connectivity index (χ0v) is 15.1. The van der Waals surface area contributed by atoms with E-state index in [1.165, 1.54) is 11.3 Å². The Morgan fingerprint density at radius 2 is 1.83 bits per heavy atom. The summed E-state index contributed by atoms with van der Waals surface area (Å²) in [5, 5.41) is 6.89. The van der Waals surface area contributed by atoms with Crippen molar-refractivity contribution in [3.05, 3.63) is 45.8 Å². The number of hydrogen-bond acceptors (Lipinski definition) is 3. The summed E-state index contributed by atoms with van der Waals surface area (Å²) < 4.78 is 0. The summed E-state index contributed by atoms with van der Waals surface area (Å²) in [6, 6.07) is 8.78. The minimum Gasteiger partial charge on any atom is -0.321 e. The molecule has 122 valence electrons. The van der Waals surface area contributed by atoms with E-state index >= 15 is 0 Å². The number of carbonyl (C=O) groups excluding carboxylic acids is 2. The summed E-state index contributed by atoms with van der Waals surface area (Å²) in [5.74, 6) is -0.299. The number of hydrogen-bond donors (Lipinski definition) is 2. The fraction of sp³-hybridized carbons (Fsp3) is 0.294. The van der Waals surface area contributed by atoms with Crippen LogP contribution in [-0.4, -0.2) is 11.8 Å². The van der Waals surface area contributed by atoms with Gasteiger partial charge in [0.2, 0.25) is 5.91 Å². The van der Waals surface area contributed by atoms with Gasteiger partial charge in [-0.15, -0.1) is 11.3 Å². The van der Waals surface area contributed by atoms with Crippen LogP contribution < -0.4 is 10.6 Å². The minimum absolute atomic E-state index is 0.0828. The molecule has 2 rings (SSSR count). The van der Waals surface area contributed by atoms with Gasteiger partial charge >= 0.3 is 0 Å². The summed E-state index contributed by atoms with van der Waals surface area (Å²) in [6.07, 6.45) is 0. The summed E-state index contributed by atoms with van der Waals surface area (Å²) in [6.45, 7) is 7.37. The van der Waals surface area contributed by atoms with E-state index in [9.17, 15) is 9.59 Å². The van der Waals surface area contributed by atoms with E-state index in [1.54, 1.807) is 30.3 Å². The third-order valence-corrected chi connectivity index (χ3v) is 4.51. The van der Waals surface area contributed by atoms with Gasteiger partial charge < -0.3 is 10.6 Å². The Morgan fingerprint density at radius 1 is 1.13 bits per heavy atom. The molecule has 0 aliphatic carbocycles. The third-order valence-electron chi connectivity index (χ3n) is 3.12. The number of aryl methyl sites for hydroxylation is 1. The third kappa shape index (κ3) is 4.56. The number of thiophene rings is 1. The van der Waals surface area contributed by atoms with E-state index in [2.05, 4.69) is 10.6 Å². The molecule has 0 radical (unpaired) electrons. The number of anilines is 2. The number of nitrogens with one attached hydrogen (secondary N) is 2. The second-order valence-electron chi connectivity index (χ2n) is 6.29. The Bertz CT molecular complexity index is 747. The minimum atomic E-state index is -0.485. The van der Waals surface area contributed by atoms with E-state index in [0.717, 1.165) is 5.56 Å². The molecule has 0 aliphatic heterocycles. The molecule has 0 unspecified atom stereocenters. The van der Waals surface area contributed by atoms with Crippen molar-refractivity contribution in [1.82, 2.24) is 0 Å². The topological polar surface area (TPSA) is 58.2 Å². The van der Waals surface area contributed by atoms with Gasteiger partial charge in [-0.3, -0.25) is 9.59 Å². The predicted molar refractivity (Wildman–Crippen MR) is 96.5 cm³/mol. The lowest BCUT2D eigenvalue weighted by Gasteiger charge is -2.16. The largest absolute Gasteiger partial charge is 0.321 e. The van der Waals surface area contributed by atoms with Crippen molar-refractivity contribution >= 4 is 45.4 Å². The highest BCUT2D eigenvalue weighted by atomic mass is 35.5. The van der Waals surface area contributed by atoms with Crippen molar-refractivity contribution in [3.63, 3.8) is 0 Å². The van der Waals surface area contributed by atoms with Gasteiger partial charge in [0.25, 0.3) is 5.91 Å². The molecule has 1 aromatic carbocycles. The Kier molecular flexibility index (Phi) is 5.12. The molecule has 23 heavy (non-hydrogen) atoms. The van der Waals surface area contributed by atoms with Gasteiger partial charge in [-0.05, 0) is 36.8 Å². The average molecular weight is 351 g/mol. The fourth-order valence-corrected chi connectivity index (χ4v) is 2.98. The fourth-order valence-electron chi connectivity index (χ4n) is 1.82. The molecule has 0 spiro atoms. The molecule has 2 N–H and O–H groups in total. The van der Waals surface area contributed by atoms with Crippen LogP contribution in [0.25, 0.3) is 0 Å². The molecule has 0 atom stereocenters. The highest BCUT2D eigenvalue weighted by Gasteiger charge is 2.23.